The number of aliphatic hydroxyl groups is 1. The molecule has 3 rings (SSSR count). The highest BCUT2D eigenvalue weighted by Gasteiger charge is 2.16. The zero-order chi connectivity index (χ0) is 24.5. The Morgan fingerprint density at radius 1 is 1.09 bits per heavy atom. The third-order valence-electron chi connectivity index (χ3n) is 4.82. The second kappa shape index (κ2) is 17.7. The van der Waals surface area contributed by atoms with Gasteiger partial charge in [0.1, 0.15) is 16.3 Å². The van der Waals surface area contributed by atoms with Crippen LogP contribution in [0.2, 0.25) is 0 Å². The second-order valence-corrected chi connectivity index (χ2v) is 9.98. The first-order valence-corrected chi connectivity index (χ1v) is 13.7. The van der Waals surface area contributed by atoms with Crippen molar-refractivity contribution in [1.29, 1.82) is 0 Å². The summed E-state index contributed by atoms with van der Waals surface area (Å²) >= 11 is 3.42. The van der Waals surface area contributed by atoms with Gasteiger partial charge >= 0.3 is 0 Å². The number of benzene rings is 1. The third kappa shape index (κ3) is 10.8. The molecule has 1 heterocycles. The Labute approximate surface area is 209 Å². The molecule has 0 bridgehead atoms. The van der Waals surface area contributed by atoms with Gasteiger partial charge in [0.15, 0.2) is 0 Å². The first kappa shape index (κ1) is 29.3. The summed E-state index contributed by atoms with van der Waals surface area (Å²) in [6, 6.07) is 12.4. The van der Waals surface area contributed by atoms with Crippen molar-refractivity contribution in [2.45, 2.75) is 86.7 Å². The number of rotatable bonds is 9. The van der Waals surface area contributed by atoms with Crippen LogP contribution in [-0.2, 0) is 0 Å². The lowest BCUT2D eigenvalue weighted by Gasteiger charge is -2.25. The van der Waals surface area contributed by atoms with Crippen molar-refractivity contribution in [3.63, 3.8) is 0 Å². The van der Waals surface area contributed by atoms with Gasteiger partial charge in [-0.2, -0.15) is 0 Å². The minimum absolute atomic E-state index is 0.538. The molecular formula is C27H40N2O2S2. The molecule has 2 N–H and O–H groups in total. The first-order chi connectivity index (χ1) is 16.1. The molecule has 1 aromatic carbocycles. The summed E-state index contributed by atoms with van der Waals surface area (Å²) in [5.41, 5.74) is 2.80. The molecule has 33 heavy (non-hydrogen) atoms. The lowest BCUT2D eigenvalue weighted by Crippen LogP contribution is -2.29. The van der Waals surface area contributed by atoms with Crippen molar-refractivity contribution in [2.24, 2.45) is 0 Å². The molecule has 4 nitrogen and oxygen atoms in total. The topological polar surface area (TPSA) is 62.2 Å². The van der Waals surface area contributed by atoms with Crippen LogP contribution in [0.4, 0.5) is 0 Å². The van der Waals surface area contributed by atoms with Gasteiger partial charge < -0.3 is 10.4 Å². The van der Waals surface area contributed by atoms with E-state index in [-0.39, 0.29) is 0 Å². The lowest BCUT2D eigenvalue weighted by molar-refractivity contribution is 0.112. The number of nitrogens with zero attached hydrogens (tertiary/aromatic N) is 1. The number of carbonyl (C=O) groups is 1. The number of aliphatic hydroxyl groups excluding tert-OH is 1. The molecule has 6 heteroatoms. The molecule has 1 aromatic heterocycles. The third-order valence-corrected chi connectivity index (χ3v) is 6.97. The summed E-state index contributed by atoms with van der Waals surface area (Å²) < 4.78 is 0. The van der Waals surface area contributed by atoms with Crippen LogP contribution in [0.25, 0.3) is 5.70 Å². The van der Waals surface area contributed by atoms with Crippen LogP contribution in [0, 0.1) is 0 Å². The minimum Gasteiger partial charge on any atom is -0.400 e. The van der Waals surface area contributed by atoms with E-state index < -0.39 is 0 Å². The molecule has 0 unspecified atom stereocenters. The first-order valence-electron chi connectivity index (χ1n) is 11.9. The Morgan fingerprint density at radius 2 is 1.73 bits per heavy atom. The van der Waals surface area contributed by atoms with Crippen LogP contribution in [-0.4, -0.2) is 35.3 Å². The van der Waals surface area contributed by atoms with E-state index in [0.717, 1.165) is 51.8 Å². The van der Waals surface area contributed by atoms with Crippen molar-refractivity contribution in [2.75, 3.05) is 12.9 Å². The van der Waals surface area contributed by atoms with E-state index in [2.05, 4.69) is 44.8 Å². The highest BCUT2D eigenvalue weighted by Crippen LogP contribution is 2.32. The van der Waals surface area contributed by atoms with E-state index in [4.69, 9.17) is 10.1 Å². The molecule has 1 saturated carbocycles. The van der Waals surface area contributed by atoms with Crippen molar-refractivity contribution < 1.29 is 9.90 Å². The van der Waals surface area contributed by atoms with Gasteiger partial charge in [0, 0.05) is 34.9 Å². The molecule has 0 radical (unpaired) electrons. The summed E-state index contributed by atoms with van der Waals surface area (Å²) in [6.45, 7) is 10.8. The average Bonchev–Trinajstić information content (AvgIpc) is 2.85. The molecule has 1 aliphatic carbocycles. The van der Waals surface area contributed by atoms with Gasteiger partial charge in [-0.25, -0.2) is 4.98 Å². The predicted molar refractivity (Wildman–Crippen MR) is 144 cm³/mol. The van der Waals surface area contributed by atoms with Crippen molar-refractivity contribution in [1.82, 2.24) is 10.3 Å². The Kier molecular flexibility index (Phi) is 15.7. The zero-order valence-electron chi connectivity index (χ0n) is 20.6. The molecular weight excluding hydrogens is 448 g/mol. The van der Waals surface area contributed by atoms with Crippen LogP contribution in [0.5, 0.6) is 0 Å². The maximum atomic E-state index is 10.8. The summed E-state index contributed by atoms with van der Waals surface area (Å²) in [4.78, 5) is 16.8. The number of carbonyl (C=O) groups excluding carboxylic acids is 1. The summed E-state index contributed by atoms with van der Waals surface area (Å²) in [5, 5.41) is 12.7. The van der Waals surface area contributed by atoms with E-state index in [1.165, 1.54) is 38.5 Å². The van der Waals surface area contributed by atoms with E-state index in [1.54, 1.807) is 23.5 Å². The van der Waals surface area contributed by atoms with Gasteiger partial charge in [0.25, 0.3) is 0 Å². The number of hydrogen-bond acceptors (Lipinski definition) is 6. The van der Waals surface area contributed by atoms with Crippen LogP contribution >= 0.6 is 23.5 Å². The number of aldehydes is 1. The Morgan fingerprint density at radius 3 is 2.30 bits per heavy atom. The lowest BCUT2D eigenvalue weighted by atomic mass is 9.95. The fourth-order valence-corrected chi connectivity index (χ4v) is 5.08. The van der Waals surface area contributed by atoms with Gasteiger partial charge in [-0.1, -0.05) is 76.9 Å². The highest BCUT2D eigenvalue weighted by molar-refractivity contribution is 8.00. The summed E-state index contributed by atoms with van der Waals surface area (Å²) in [6.07, 6.45) is 9.65. The fourth-order valence-electron chi connectivity index (χ4n) is 3.33. The van der Waals surface area contributed by atoms with Crippen LogP contribution < -0.4 is 5.32 Å². The van der Waals surface area contributed by atoms with Gasteiger partial charge in [-0.05, 0) is 49.3 Å². The van der Waals surface area contributed by atoms with Crippen molar-refractivity contribution >= 4 is 35.5 Å². The zero-order valence-corrected chi connectivity index (χ0v) is 22.2. The number of hydrogen-bond donors (Lipinski definition) is 2. The fraction of sp³-hybridized carbons (Fsp3) is 0.481. The monoisotopic (exact) mass is 488 g/mol. The number of pyridine rings is 1. The van der Waals surface area contributed by atoms with Crippen molar-refractivity contribution in [3.8, 4) is 0 Å². The molecule has 182 valence electrons. The van der Waals surface area contributed by atoms with Gasteiger partial charge in [-0.15, -0.1) is 11.8 Å². The Bertz CT molecular complexity index is 819. The number of aromatic nitrogens is 1. The smallest absolute Gasteiger partial charge is 0.150 e. The highest BCUT2D eigenvalue weighted by atomic mass is 32.2. The van der Waals surface area contributed by atoms with Crippen molar-refractivity contribution in [3.05, 3.63) is 54.1 Å². The Hall–Kier alpha value is -1.76. The van der Waals surface area contributed by atoms with Crippen LogP contribution in [0.1, 0.15) is 81.6 Å². The SMILES string of the molecule is C=C(NC1CCCCC1)c1ccc(Sc2ccc(C=O)cc2)nc1SCCC.CCC.CO. The van der Waals surface area contributed by atoms with Gasteiger partial charge in [-0.3, -0.25) is 4.79 Å². The van der Waals surface area contributed by atoms with Gasteiger partial charge in [0.05, 0.1) is 0 Å². The maximum Gasteiger partial charge on any atom is 0.150 e. The molecule has 0 amide bonds. The summed E-state index contributed by atoms with van der Waals surface area (Å²) in [5.74, 6) is 1.04. The van der Waals surface area contributed by atoms with E-state index >= 15 is 0 Å². The molecule has 1 fully saturated rings. The molecule has 0 saturated heterocycles. The molecule has 0 spiro atoms. The number of thioether (sulfide) groups is 1. The second-order valence-electron chi connectivity index (χ2n) is 7.80. The van der Waals surface area contributed by atoms with Crippen LogP contribution in [0.15, 0.2) is 57.9 Å². The molecule has 2 aromatic rings. The minimum atomic E-state index is 0.538. The van der Waals surface area contributed by atoms with Gasteiger partial charge in [0.2, 0.25) is 0 Å². The van der Waals surface area contributed by atoms with E-state index in [1.807, 2.05) is 24.3 Å². The average molecular weight is 489 g/mol. The standard InChI is InChI=1S/C23H28N2OS2.C3H8.CH4O/c1-3-15-27-23-21(17(2)24-19-7-5-4-6-8-19)13-14-22(25-23)28-20-11-9-18(16-26)10-12-20;1-3-2;1-2/h9-14,16,19,24H,2-8,15H2,1H3;3H2,1-2H3;2H,1H3. The van der Waals surface area contributed by atoms with Crippen LogP contribution in [0.3, 0.4) is 0 Å². The normalized spacial score (nSPS) is 13.1. The maximum absolute atomic E-state index is 10.8. The molecule has 0 atom stereocenters. The largest absolute Gasteiger partial charge is 0.400 e. The number of nitrogens with one attached hydrogen (secondary N) is 1. The quantitative estimate of drug-likeness (QED) is 0.282. The summed E-state index contributed by atoms with van der Waals surface area (Å²) in [7, 11) is 1.00. The molecule has 0 aliphatic heterocycles. The Balaban J connectivity index is 0.00000101. The van der Waals surface area contributed by atoms with E-state index in [9.17, 15) is 4.79 Å². The predicted octanol–water partition coefficient (Wildman–Crippen LogP) is 7.47. The van der Waals surface area contributed by atoms with E-state index in [0.29, 0.717) is 11.6 Å². The molecule has 1 aliphatic rings.